The number of nitrogens with one attached hydrogen (secondary N) is 1. The molecule has 0 bridgehead atoms. The molecule has 0 radical (unpaired) electrons. The number of nitrogens with zero attached hydrogens (tertiary/aromatic N) is 1. The van der Waals surface area contributed by atoms with Crippen molar-refractivity contribution in [2.24, 2.45) is 0 Å². The van der Waals surface area contributed by atoms with E-state index in [1.807, 2.05) is 24.3 Å². The van der Waals surface area contributed by atoms with Crippen LogP contribution < -0.4 is 10.1 Å². The second-order valence-electron chi connectivity index (χ2n) is 5.19. The number of anilines is 1. The van der Waals surface area contributed by atoms with Gasteiger partial charge in [0, 0.05) is 27.5 Å². The molecule has 0 saturated heterocycles. The maximum atomic E-state index is 12.0. The molecule has 4 nitrogen and oxygen atoms in total. The number of hydrogen-bond donors (Lipinski definition) is 1. The molecule has 1 N–H and O–H groups in total. The molecule has 0 unspecified atom stereocenters. The summed E-state index contributed by atoms with van der Waals surface area (Å²) in [6, 6.07) is 14.6. The van der Waals surface area contributed by atoms with E-state index in [4.69, 9.17) is 27.9 Å². The van der Waals surface area contributed by atoms with Crippen LogP contribution in [0.1, 0.15) is 10.4 Å². The van der Waals surface area contributed by atoms with Gasteiger partial charge in [0.25, 0.3) is 5.91 Å². The van der Waals surface area contributed by atoms with Crippen LogP contribution in [0.25, 0.3) is 0 Å². The summed E-state index contributed by atoms with van der Waals surface area (Å²) in [7, 11) is 0. The monoisotopic (exact) mass is 392 g/mol. The highest BCUT2D eigenvalue weighted by Gasteiger charge is 2.09. The Morgan fingerprint density at radius 2 is 2.00 bits per heavy atom. The summed E-state index contributed by atoms with van der Waals surface area (Å²) in [5.74, 6) is 0.264. The fourth-order valence-electron chi connectivity index (χ4n) is 2.14. The van der Waals surface area contributed by atoms with Crippen LogP contribution in [0.3, 0.4) is 0 Å². The Bertz CT molecular complexity index is 883. The number of halogens is 2. The van der Waals surface area contributed by atoms with Crippen molar-refractivity contribution in [2.45, 2.75) is 6.42 Å². The van der Waals surface area contributed by atoms with Gasteiger partial charge in [-0.05, 0) is 29.8 Å². The lowest BCUT2D eigenvalue weighted by atomic mass is 10.1. The van der Waals surface area contributed by atoms with Crippen LogP contribution in [0, 0.1) is 0 Å². The second kappa shape index (κ2) is 8.34. The van der Waals surface area contributed by atoms with E-state index >= 15 is 0 Å². The molecule has 0 fully saturated rings. The molecule has 128 valence electrons. The van der Waals surface area contributed by atoms with Gasteiger partial charge >= 0.3 is 0 Å². The molecule has 7 heteroatoms. The quantitative estimate of drug-likeness (QED) is 0.637. The lowest BCUT2D eigenvalue weighted by Gasteiger charge is -2.05. The van der Waals surface area contributed by atoms with Gasteiger partial charge in [0.2, 0.25) is 0 Å². The Balaban J connectivity index is 1.54. The van der Waals surface area contributed by atoms with Crippen molar-refractivity contribution < 1.29 is 9.53 Å². The fourth-order valence-corrected chi connectivity index (χ4v) is 3.37. The maximum absolute atomic E-state index is 12.0. The molecule has 2 aromatic carbocycles. The molecule has 0 atom stereocenters. The van der Waals surface area contributed by atoms with Gasteiger partial charge in [-0.1, -0.05) is 47.5 Å². The average molecular weight is 393 g/mol. The van der Waals surface area contributed by atoms with Crippen LogP contribution >= 0.6 is 34.5 Å². The summed E-state index contributed by atoms with van der Waals surface area (Å²) < 4.78 is 5.40. The number of thiazole rings is 1. The van der Waals surface area contributed by atoms with Crippen molar-refractivity contribution in [2.75, 3.05) is 11.9 Å². The third-order valence-electron chi connectivity index (χ3n) is 3.29. The molecule has 0 aliphatic heterocycles. The van der Waals surface area contributed by atoms with Crippen LogP contribution in [-0.4, -0.2) is 17.5 Å². The normalized spacial score (nSPS) is 10.5. The minimum Gasteiger partial charge on any atom is -0.484 e. The van der Waals surface area contributed by atoms with E-state index in [2.05, 4.69) is 10.3 Å². The summed E-state index contributed by atoms with van der Waals surface area (Å²) in [6.07, 6.45) is 2.41. The highest BCUT2D eigenvalue weighted by molar-refractivity contribution is 7.15. The van der Waals surface area contributed by atoms with Gasteiger partial charge in [-0.15, -0.1) is 11.3 Å². The zero-order chi connectivity index (χ0) is 17.6. The molecule has 25 heavy (non-hydrogen) atoms. The minimum absolute atomic E-state index is 0.111. The van der Waals surface area contributed by atoms with Crippen molar-refractivity contribution in [3.8, 4) is 5.75 Å². The van der Waals surface area contributed by atoms with E-state index in [0.29, 0.717) is 22.3 Å². The zero-order valence-corrected chi connectivity index (χ0v) is 15.4. The molecule has 3 rings (SSSR count). The molecule has 0 saturated carbocycles. The molecule has 1 amide bonds. The first kappa shape index (κ1) is 17.7. The number of benzene rings is 2. The van der Waals surface area contributed by atoms with Crippen LogP contribution in [0.4, 0.5) is 5.13 Å². The van der Waals surface area contributed by atoms with Crippen molar-refractivity contribution >= 4 is 45.6 Å². The Morgan fingerprint density at radius 3 is 2.80 bits per heavy atom. The molecule has 1 heterocycles. The number of rotatable bonds is 6. The molecule has 3 aromatic rings. The third-order valence-corrected chi connectivity index (χ3v) is 4.81. The lowest BCUT2D eigenvalue weighted by molar-refractivity contribution is -0.118. The first-order valence-corrected chi connectivity index (χ1v) is 9.04. The van der Waals surface area contributed by atoms with Gasteiger partial charge in [-0.2, -0.15) is 0 Å². The smallest absolute Gasteiger partial charge is 0.264 e. The molecule has 0 spiro atoms. The molecule has 1 aromatic heterocycles. The summed E-state index contributed by atoms with van der Waals surface area (Å²) >= 11 is 13.4. The standard InChI is InChI=1S/C18H14Cl2N2O2S/c19-13-5-3-6-14(9-13)24-11-17(23)22-18-21-10-15(25-18)8-12-4-1-2-7-16(12)20/h1-7,9-10H,8,11H2,(H,21,22,23). The summed E-state index contributed by atoms with van der Waals surface area (Å²) in [5.41, 5.74) is 1.02. The Hall–Kier alpha value is -2.08. The van der Waals surface area contributed by atoms with Gasteiger partial charge in [-0.25, -0.2) is 4.98 Å². The summed E-state index contributed by atoms with van der Waals surface area (Å²) in [5, 5.41) is 4.53. The Labute approximate surface area is 159 Å². The largest absolute Gasteiger partial charge is 0.484 e. The topological polar surface area (TPSA) is 51.2 Å². The number of carbonyl (C=O) groups excluding carboxylic acids is 1. The van der Waals surface area contributed by atoms with Gasteiger partial charge in [0.1, 0.15) is 5.75 Å². The first-order chi connectivity index (χ1) is 12.1. The number of hydrogen-bond acceptors (Lipinski definition) is 4. The van der Waals surface area contributed by atoms with E-state index < -0.39 is 0 Å². The minimum atomic E-state index is -0.279. The highest BCUT2D eigenvalue weighted by atomic mass is 35.5. The molecular weight excluding hydrogens is 379 g/mol. The van der Waals surface area contributed by atoms with E-state index in [0.717, 1.165) is 15.5 Å². The number of carbonyl (C=O) groups is 1. The Morgan fingerprint density at radius 1 is 1.16 bits per heavy atom. The van der Waals surface area contributed by atoms with Crippen molar-refractivity contribution in [1.82, 2.24) is 4.98 Å². The number of aromatic nitrogens is 1. The van der Waals surface area contributed by atoms with Gasteiger partial charge in [-0.3, -0.25) is 10.1 Å². The predicted molar refractivity (Wildman–Crippen MR) is 102 cm³/mol. The van der Waals surface area contributed by atoms with Crippen molar-refractivity contribution in [1.29, 1.82) is 0 Å². The third kappa shape index (κ3) is 5.19. The van der Waals surface area contributed by atoms with E-state index in [1.165, 1.54) is 11.3 Å². The van der Waals surface area contributed by atoms with Crippen LogP contribution in [0.2, 0.25) is 10.0 Å². The predicted octanol–water partition coefficient (Wildman–Crippen LogP) is 5.06. The van der Waals surface area contributed by atoms with E-state index in [-0.39, 0.29) is 12.5 Å². The number of ether oxygens (including phenoxy) is 1. The van der Waals surface area contributed by atoms with Crippen molar-refractivity contribution in [3.63, 3.8) is 0 Å². The summed E-state index contributed by atoms with van der Waals surface area (Å²) in [6.45, 7) is -0.111. The van der Waals surface area contributed by atoms with Gasteiger partial charge in [0.05, 0.1) is 0 Å². The van der Waals surface area contributed by atoms with E-state index in [9.17, 15) is 4.79 Å². The second-order valence-corrected chi connectivity index (χ2v) is 7.15. The highest BCUT2D eigenvalue weighted by Crippen LogP contribution is 2.24. The summed E-state index contributed by atoms with van der Waals surface area (Å²) in [4.78, 5) is 17.2. The molecule has 0 aliphatic rings. The van der Waals surface area contributed by atoms with Crippen LogP contribution in [0.15, 0.2) is 54.7 Å². The lowest BCUT2D eigenvalue weighted by Crippen LogP contribution is -2.19. The molecule has 0 aliphatic carbocycles. The first-order valence-electron chi connectivity index (χ1n) is 7.46. The van der Waals surface area contributed by atoms with Crippen molar-refractivity contribution in [3.05, 3.63) is 75.2 Å². The van der Waals surface area contributed by atoms with Crippen LogP contribution in [-0.2, 0) is 11.2 Å². The number of amides is 1. The van der Waals surface area contributed by atoms with Gasteiger partial charge < -0.3 is 4.74 Å². The van der Waals surface area contributed by atoms with E-state index in [1.54, 1.807) is 30.5 Å². The SMILES string of the molecule is O=C(COc1cccc(Cl)c1)Nc1ncc(Cc2ccccc2Cl)s1. The average Bonchev–Trinajstić information content (AvgIpc) is 3.02. The fraction of sp³-hybridized carbons (Fsp3) is 0.111. The van der Waals surface area contributed by atoms with Crippen LogP contribution in [0.5, 0.6) is 5.75 Å². The Kier molecular flexibility index (Phi) is 5.91. The van der Waals surface area contributed by atoms with Gasteiger partial charge in [0.15, 0.2) is 11.7 Å². The zero-order valence-electron chi connectivity index (χ0n) is 13.0. The maximum Gasteiger partial charge on any atom is 0.264 e. The molecular formula is C18H14Cl2N2O2S.